The van der Waals surface area contributed by atoms with Gasteiger partial charge in [-0.15, -0.1) is 0 Å². The monoisotopic (exact) mass is 622 g/mol. The molecule has 4 nitrogen and oxygen atoms in total. The van der Waals surface area contributed by atoms with Crippen molar-refractivity contribution in [3.8, 4) is 0 Å². The second kappa shape index (κ2) is 12.4. The highest BCUT2D eigenvalue weighted by Gasteiger charge is 2.59. The van der Waals surface area contributed by atoms with Crippen LogP contribution >= 0.6 is 0 Å². The maximum Gasteiger partial charge on any atom is 0.421 e. The van der Waals surface area contributed by atoms with Crippen molar-refractivity contribution in [1.82, 2.24) is 0 Å². The number of aliphatic hydroxyl groups excluding tert-OH is 1. The minimum absolute atomic E-state index is 0.126. The van der Waals surface area contributed by atoms with E-state index in [0.29, 0.717) is 0 Å². The van der Waals surface area contributed by atoms with Crippen LogP contribution in [-0.2, 0) is 31.8 Å². The van der Waals surface area contributed by atoms with E-state index < -0.39 is 27.7 Å². The van der Waals surface area contributed by atoms with Gasteiger partial charge in [0.15, 0.2) is 24.8 Å². The molecule has 1 unspecified atom stereocenters. The summed E-state index contributed by atoms with van der Waals surface area (Å²) in [7, 11) is -6.80. The molecule has 41 heavy (non-hydrogen) atoms. The van der Waals surface area contributed by atoms with Gasteiger partial charge in [-0.1, -0.05) is 65.8 Å². The molecule has 0 aliphatic rings. The normalized spacial score (nSPS) is 13.9. The van der Waals surface area contributed by atoms with Crippen LogP contribution in [0.5, 0.6) is 0 Å². The van der Waals surface area contributed by atoms with E-state index in [0.717, 1.165) is 4.90 Å². The molecule has 3 aromatic rings. The van der Waals surface area contributed by atoms with Crippen molar-refractivity contribution in [2.45, 2.75) is 84.6 Å². The molecule has 0 aromatic heterocycles. The molecule has 0 aliphatic heterocycles. The van der Waals surface area contributed by atoms with Crippen LogP contribution in [0, 0.1) is 5.82 Å². The predicted molar refractivity (Wildman–Crippen MR) is 146 cm³/mol. The first-order valence-corrected chi connectivity index (χ1v) is 14.9. The summed E-state index contributed by atoms with van der Waals surface area (Å²) in [5.41, 5.74) is 2.90. The molecular weight excluding hydrogens is 590 g/mol. The molecule has 0 radical (unpaired) electrons. The minimum Gasteiger partial charge on any atom is -0.743 e. The van der Waals surface area contributed by atoms with E-state index in [1.165, 1.54) is 20.9 Å². The lowest BCUT2D eigenvalue weighted by atomic mass is 9.87. The lowest BCUT2D eigenvalue weighted by Gasteiger charge is -2.26. The van der Waals surface area contributed by atoms with E-state index in [2.05, 4.69) is 90.1 Å². The van der Waals surface area contributed by atoms with Gasteiger partial charge < -0.3 is 9.66 Å². The van der Waals surface area contributed by atoms with Crippen molar-refractivity contribution in [1.29, 1.82) is 0 Å². The Balaban J connectivity index is 0.000000383. The number of hydrogen-bond acceptors (Lipinski definition) is 4. The standard InChI is InChI=1S/C26H30FS.C3H3F5O4S/c1-25(2,3)19-7-13-22(14-8-19)28(24-17-11-21(27)12-18-24)23-15-9-20(10-16-23)26(4,5)6;4-2(5,6)1(9)3(7,8)13(10,11)12/h7-18H,1-6H3;1,9H,(H,10,11,12)/q+1;/p-1. The molecule has 0 heterocycles. The first-order valence-electron chi connectivity index (χ1n) is 12.3. The average molecular weight is 623 g/mol. The van der Waals surface area contributed by atoms with Gasteiger partial charge in [-0.25, -0.2) is 12.8 Å². The largest absolute Gasteiger partial charge is 0.743 e. The molecule has 0 spiro atoms. The SMILES string of the molecule is CC(C)(C)c1ccc([S+](c2ccc(F)cc2)c2ccc(C(C)(C)C)cc2)cc1.O=S(=O)([O-])C(F)(F)C(O)C(F)(F)F. The third kappa shape index (κ3) is 8.97. The molecular formula is C29H32F6O4S2. The zero-order chi connectivity index (χ0) is 31.6. The first-order chi connectivity index (χ1) is 18.5. The molecule has 0 aliphatic carbocycles. The van der Waals surface area contributed by atoms with Crippen LogP contribution in [0.2, 0.25) is 0 Å². The molecule has 12 heteroatoms. The van der Waals surface area contributed by atoms with Gasteiger partial charge in [0, 0.05) is 0 Å². The molecule has 1 N–H and O–H groups in total. The Labute approximate surface area is 239 Å². The summed E-state index contributed by atoms with van der Waals surface area (Å²) in [6, 6.07) is 24.7. The van der Waals surface area contributed by atoms with Gasteiger partial charge in [0.1, 0.15) is 5.82 Å². The van der Waals surface area contributed by atoms with Gasteiger partial charge in [0.2, 0.25) is 6.10 Å². The maximum absolute atomic E-state index is 13.5. The van der Waals surface area contributed by atoms with Gasteiger partial charge in [-0.3, -0.25) is 0 Å². The highest BCUT2D eigenvalue weighted by atomic mass is 32.2. The van der Waals surface area contributed by atoms with Crippen LogP contribution in [0.15, 0.2) is 87.5 Å². The first kappa shape index (κ1) is 34.7. The highest BCUT2D eigenvalue weighted by Crippen LogP contribution is 2.36. The van der Waals surface area contributed by atoms with Crippen LogP contribution < -0.4 is 0 Å². The summed E-state index contributed by atoms with van der Waals surface area (Å²) >= 11 is 0. The fraction of sp³-hybridized carbons (Fsp3) is 0.379. The topological polar surface area (TPSA) is 77.4 Å². The number of benzene rings is 3. The summed E-state index contributed by atoms with van der Waals surface area (Å²) in [5, 5.41) is 2.02. The number of aliphatic hydroxyl groups is 1. The van der Waals surface area contributed by atoms with Crippen LogP contribution in [0.1, 0.15) is 52.7 Å². The highest BCUT2D eigenvalue weighted by molar-refractivity contribution is 7.97. The third-order valence-corrected chi connectivity index (χ3v) is 9.04. The van der Waals surface area contributed by atoms with Crippen molar-refractivity contribution < 1.29 is 44.4 Å². The Kier molecular flexibility index (Phi) is 10.5. The summed E-state index contributed by atoms with van der Waals surface area (Å²) in [5.74, 6) is -0.196. The van der Waals surface area contributed by atoms with Gasteiger partial charge in [0.25, 0.3) is 0 Å². The van der Waals surface area contributed by atoms with Crippen molar-refractivity contribution in [2.75, 3.05) is 0 Å². The molecule has 0 bridgehead atoms. The quantitative estimate of drug-likeness (QED) is 0.181. The summed E-state index contributed by atoms with van der Waals surface area (Å²) in [6.07, 6.45) is -10.4. The smallest absolute Gasteiger partial charge is 0.421 e. The van der Waals surface area contributed by atoms with Crippen molar-refractivity contribution in [3.63, 3.8) is 0 Å². The number of halogens is 6. The molecule has 3 rings (SSSR count). The average Bonchev–Trinajstić information content (AvgIpc) is 2.83. The second-order valence-corrected chi connectivity index (χ2v) is 14.7. The zero-order valence-corrected chi connectivity index (χ0v) is 24.9. The lowest BCUT2D eigenvalue weighted by Crippen LogP contribution is -2.49. The molecule has 226 valence electrons. The van der Waals surface area contributed by atoms with Gasteiger partial charge in [-0.2, -0.15) is 22.0 Å². The Morgan fingerprint density at radius 3 is 1.17 bits per heavy atom. The van der Waals surface area contributed by atoms with Crippen LogP contribution in [-0.4, -0.2) is 35.6 Å². The molecule has 0 saturated carbocycles. The number of alkyl halides is 5. The van der Waals surface area contributed by atoms with Crippen LogP contribution in [0.25, 0.3) is 0 Å². The van der Waals surface area contributed by atoms with Gasteiger partial charge >= 0.3 is 11.4 Å². The number of hydrogen-bond donors (Lipinski definition) is 1. The Hall–Kier alpha value is -2.54. The Bertz CT molecular complexity index is 1330. The van der Waals surface area contributed by atoms with Crippen molar-refractivity contribution in [2.24, 2.45) is 0 Å². The minimum atomic E-state index is -6.54. The fourth-order valence-corrected chi connectivity index (χ4v) is 5.94. The van der Waals surface area contributed by atoms with E-state index in [4.69, 9.17) is 5.11 Å². The fourth-order valence-electron chi connectivity index (χ4n) is 3.49. The van der Waals surface area contributed by atoms with E-state index in [1.54, 1.807) is 12.1 Å². The molecule has 0 saturated heterocycles. The van der Waals surface area contributed by atoms with E-state index in [1.807, 2.05) is 12.1 Å². The second-order valence-electron chi connectivity index (χ2n) is 11.3. The maximum atomic E-state index is 13.5. The van der Waals surface area contributed by atoms with E-state index in [-0.39, 0.29) is 27.5 Å². The van der Waals surface area contributed by atoms with Gasteiger partial charge in [-0.05, 0) is 70.5 Å². The third-order valence-electron chi connectivity index (χ3n) is 5.92. The Morgan fingerprint density at radius 1 is 0.659 bits per heavy atom. The molecule has 0 fully saturated rings. The van der Waals surface area contributed by atoms with E-state index >= 15 is 0 Å². The molecule has 3 aromatic carbocycles. The molecule has 1 atom stereocenters. The zero-order valence-electron chi connectivity index (χ0n) is 23.3. The van der Waals surface area contributed by atoms with Gasteiger partial charge in [0.05, 0.1) is 10.9 Å². The summed E-state index contributed by atoms with van der Waals surface area (Å²) in [6.45, 7) is 13.4. The Morgan fingerprint density at radius 2 is 0.951 bits per heavy atom. The summed E-state index contributed by atoms with van der Waals surface area (Å²) in [4.78, 5) is 3.64. The predicted octanol–water partition coefficient (Wildman–Crippen LogP) is 7.56. The number of rotatable bonds is 5. The van der Waals surface area contributed by atoms with Crippen LogP contribution in [0.4, 0.5) is 26.3 Å². The summed E-state index contributed by atoms with van der Waals surface area (Å²) < 4.78 is 100. The van der Waals surface area contributed by atoms with Crippen LogP contribution in [0.3, 0.4) is 0 Å². The molecule has 0 amide bonds. The van der Waals surface area contributed by atoms with Crippen molar-refractivity contribution >= 4 is 21.0 Å². The van der Waals surface area contributed by atoms with Crippen molar-refractivity contribution in [3.05, 3.63) is 89.7 Å². The van der Waals surface area contributed by atoms with E-state index in [9.17, 15) is 39.3 Å². The lowest BCUT2D eigenvalue weighted by molar-refractivity contribution is -0.248.